The molecule has 2 rings (SSSR count). The van der Waals surface area contributed by atoms with Crippen molar-refractivity contribution >= 4 is 17.6 Å². The molecular weight excluding hydrogens is 250 g/mol. The topological polar surface area (TPSA) is 36.9 Å². The van der Waals surface area contributed by atoms with Crippen LogP contribution in [0.1, 0.15) is 27.2 Å². The Morgan fingerprint density at radius 2 is 2.20 bits per heavy atom. The molecule has 0 saturated heterocycles. The molecule has 0 amide bonds. The highest BCUT2D eigenvalue weighted by molar-refractivity contribution is 5.86. The van der Waals surface area contributed by atoms with E-state index in [1.165, 1.54) is 0 Å². The summed E-state index contributed by atoms with van der Waals surface area (Å²) < 4.78 is 5.67. The van der Waals surface area contributed by atoms with Gasteiger partial charge in [-0.15, -0.1) is 0 Å². The van der Waals surface area contributed by atoms with Crippen LogP contribution >= 0.6 is 0 Å². The normalized spacial score (nSPS) is 17.2. The maximum atomic E-state index is 5.67. The second-order valence-corrected chi connectivity index (χ2v) is 5.48. The Labute approximate surface area is 121 Å². The number of benzene rings is 1. The standard InChI is InChI=1S/C16H25N3O/c1-5-20-15-8-6-7-14-16(15)18-13(11-17-14)9-10-19(4)12(2)3/h6-8,11-13,18H,5,9-10H2,1-4H3. The first-order valence-corrected chi connectivity index (χ1v) is 7.38. The van der Waals surface area contributed by atoms with Crippen molar-refractivity contribution in [2.75, 3.05) is 25.5 Å². The van der Waals surface area contributed by atoms with Gasteiger partial charge in [-0.2, -0.15) is 0 Å². The van der Waals surface area contributed by atoms with Crippen LogP contribution in [0.3, 0.4) is 0 Å². The molecule has 1 aromatic rings. The summed E-state index contributed by atoms with van der Waals surface area (Å²) in [5.41, 5.74) is 1.98. The molecule has 1 heterocycles. The van der Waals surface area contributed by atoms with Crippen LogP contribution in [0.25, 0.3) is 0 Å². The van der Waals surface area contributed by atoms with Crippen LogP contribution in [0.2, 0.25) is 0 Å². The fraction of sp³-hybridized carbons (Fsp3) is 0.562. The van der Waals surface area contributed by atoms with Gasteiger partial charge in [-0.3, -0.25) is 4.99 Å². The predicted octanol–water partition coefficient (Wildman–Crippen LogP) is 3.31. The smallest absolute Gasteiger partial charge is 0.144 e. The van der Waals surface area contributed by atoms with Crippen molar-refractivity contribution in [1.29, 1.82) is 0 Å². The van der Waals surface area contributed by atoms with Crippen molar-refractivity contribution in [3.63, 3.8) is 0 Å². The molecule has 1 atom stereocenters. The van der Waals surface area contributed by atoms with Crippen molar-refractivity contribution in [1.82, 2.24) is 4.90 Å². The van der Waals surface area contributed by atoms with E-state index < -0.39 is 0 Å². The first-order chi connectivity index (χ1) is 9.61. The third-order valence-corrected chi connectivity index (χ3v) is 3.70. The number of nitrogens with zero attached hydrogens (tertiary/aromatic N) is 2. The SMILES string of the molecule is CCOc1cccc2c1NC(CCN(C)C(C)C)C=N2. The third kappa shape index (κ3) is 3.51. The molecule has 1 aliphatic rings. The van der Waals surface area contributed by atoms with Gasteiger partial charge >= 0.3 is 0 Å². The van der Waals surface area contributed by atoms with Crippen LogP contribution in [-0.2, 0) is 0 Å². The van der Waals surface area contributed by atoms with Gasteiger partial charge in [0.05, 0.1) is 18.3 Å². The molecule has 1 aromatic carbocycles. The Hall–Kier alpha value is -1.55. The molecule has 0 bridgehead atoms. The van der Waals surface area contributed by atoms with E-state index in [0.29, 0.717) is 12.6 Å². The van der Waals surface area contributed by atoms with Crippen LogP contribution in [0.4, 0.5) is 11.4 Å². The molecule has 1 N–H and O–H groups in total. The second kappa shape index (κ2) is 6.75. The van der Waals surface area contributed by atoms with Crippen LogP contribution in [0.15, 0.2) is 23.2 Å². The predicted molar refractivity (Wildman–Crippen MR) is 85.6 cm³/mol. The Bertz CT molecular complexity index is 471. The average molecular weight is 275 g/mol. The zero-order chi connectivity index (χ0) is 14.5. The van der Waals surface area contributed by atoms with Crippen LogP contribution in [0, 0.1) is 0 Å². The lowest BCUT2D eigenvalue weighted by molar-refractivity contribution is 0.270. The minimum atomic E-state index is 0.269. The van der Waals surface area contributed by atoms with Gasteiger partial charge in [0.2, 0.25) is 0 Å². The molecule has 0 spiro atoms. The fourth-order valence-electron chi connectivity index (χ4n) is 2.19. The molecule has 4 heteroatoms. The quantitative estimate of drug-likeness (QED) is 0.865. The lowest BCUT2D eigenvalue weighted by Gasteiger charge is -2.27. The summed E-state index contributed by atoms with van der Waals surface area (Å²) in [6, 6.07) is 6.83. The van der Waals surface area contributed by atoms with Crippen molar-refractivity contribution in [2.45, 2.75) is 39.3 Å². The van der Waals surface area contributed by atoms with E-state index in [4.69, 9.17) is 4.74 Å². The van der Waals surface area contributed by atoms with Crippen LogP contribution < -0.4 is 10.1 Å². The lowest BCUT2D eigenvalue weighted by atomic mass is 10.1. The Balaban J connectivity index is 2.02. The van der Waals surface area contributed by atoms with Gasteiger partial charge in [-0.05, 0) is 46.4 Å². The highest BCUT2D eigenvalue weighted by Gasteiger charge is 2.18. The molecule has 20 heavy (non-hydrogen) atoms. The number of anilines is 1. The minimum absolute atomic E-state index is 0.269. The first kappa shape index (κ1) is 14.9. The number of aliphatic imine (C=N–C) groups is 1. The monoisotopic (exact) mass is 275 g/mol. The summed E-state index contributed by atoms with van der Waals surface area (Å²) in [7, 11) is 2.16. The van der Waals surface area contributed by atoms with E-state index in [-0.39, 0.29) is 6.04 Å². The summed E-state index contributed by atoms with van der Waals surface area (Å²) >= 11 is 0. The summed E-state index contributed by atoms with van der Waals surface area (Å²) in [5, 5.41) is 3.54. The van der Waals surface area contributed by atoms with Crippen molar-refractivity contribution in [3.8, 4) is 5.75 Å². The molecule has 1 unspecified atom stereocenters. The maximum absolute atomic E-state index is 5.67. The number of rotatable bonds is 6. The molecular formula is C16H25N3O. The molecule has 0 aromatic heterocycles. The zero-order valence-corrected chi connectivity index (χ0v) is 12.9. The molecule has 0 saturated carbocycles. The number of hydrogen-bond donors (Lipinski definition) is 1. The van der Waals surface area contributed by atoms with Gasteiger partial charge < -0.3 is 15.0 Å². The molecule has 110 valence electrons. The fourth-order valence-corrected chi connectivity index (χ4v) is 2.19. The summed E-state index contributed by atoms with van der Waals surface area (Å²) in [4.78, 5) is 6.90. The lowest BCUT2D eigenvalue weighted by Crippen LogP contribution is -2.33. The average Bonchev–Trinajstić information content (AvgIpc) is 2.45. The number of ether oxygens (including phenoxy) is 1. The van der Waals surface area contributed by atoms with Crippen LogP contribution in [0.5, 0.6) is 5.75 Å². The van der Waals surface area contributed by atoms with Gasteiger partial charge in [-0.1, -0.05) is 6.07 Å². The Morgan fingerprint density at radius 1 is 1.40 bits per heavy atom. The van der Waals surface area contributed by atoms with E-state index in [1.807, 2.05) is 31.3 Å². The van der Waals surface area contributed by atoms with Crippen molar-refractivity contribution in [3.05, 3.63) is 18.2 Å². The molecule has 4 nitrogen and oxygen atoms in total. The van der Waals surface area contributed by atoms with E-state index in [1.54, 1.807) is 0 Å². The molecule has 1 aliphatic heterocycles. The molecule has 0 radical (unpaired) electrons. The Morgan fingerprint density at radius 3 is 2.90 bits per heavy atom. The third-order valence-electron chi connectivity index (χ3n) is 3.70. The van der Waals surface area contributed by atoms with E-state index >= 15 is 0 Å². The number of fused-ring (bicyclic) bond motifs is 1. The molecule has 0 fully saturated rings. The van der Waals surface area contributed by atoms with Gasteiger partial charge in [0.15, 0.2) is 0 Å². The summed E-state index contributed by atoms with van der Waals surface area (Å²) in [6.07, 6.45) is 3.05. The molecule has 0 aliphatic carbocycles. The van der Waals surface area contributed by atoms with Gasteiger partial charge in [0.25, 0.3) is 0 Å². The van der Waals surface area contributed by atoms with Crippen LogP contribution in [-0.4, -0.2) is 43.4 Å². The number of hydrogen-bond acceptors (Lipinski definition) is 4. The second-order valence-electron chi connectivity index (χ2n) is 5.48. The number of nitrogens with one attached hydrogen (secondary N) is 1. The van der Waals surface area contributed by atoms with Gasteiger partial charge in [-0.25, -0.2) is 0 Å². The maximum Gasteiger partial charge on any atom is 0.144 e. The van der Waals surface area contributed by atoms with Crippen molar-refractivity contribution < 1.29 is 4.74 Å². The zero-order valence-electron chi connectivity index (χ0n) is 12.9. The minimum Gasteiger partial charge on any atom is -0.492 e. The largest absolute Gasteiger partial charge is 0.492 e. The highest BCUT2D eigenvalue weighted by atomic mass is 16.5. The number of para-hydroxylation sites is 1. The van der Waals surface area contributed by atoms with E-state index in [2.05, 4.69) is 36.1 Å². The Kier molecular flexibility index (Phi) is 5.01. The van der Waals surface area contributed by atoms with Gasteiger partial charge in [0, 0.05) is 18.8 Å². The van der Waals surface area contributed by atoms with Crippen molar-refractivity contribution in [2.24, 2.45) is 4.99 Å². The first-order valence-electron chi connectivity index (χ1n) is 7.38. The highest BCUT2D eigenvalue weighted by Crippen LogP contribution is 2.37. The van der Waals surface area contributed by atoms with E-state index in [0.717, 1.165) is 30.1 Å². The summed E-state index contributed by atoms with van der Waals surface area (Å²) in [6.45, 7) is 8.15. The summed E-state index contributed by atoms with van der Waals surface area (Å²) in [5.74, 6) is 0.893. The van der Waals surface area contributed by atoms with Gasteiger partial charge in [0.1, 0.15) is 11.4 Å². The van der Waals surface area contributed by atoms with E-state index in [9.17, 15) is 0 Å².